The van der Waals surface area contributed by atoms with Crippen molar-refractivity contribution < 1.29 is 31.8 Å². The molecule has 17 heavy (non-hydrogen) atoms. The van der Waals surface area contributed by atoms with Gasteiger partial charge >= 0.3 is 6.36 Å². The van der Waals surface area contributed by atoms with E-state index in [1.807, 2.05) is 0 Å². The van der Waals surface area contributed by atoms with Crippen LogP contribution in [0.25, 0.3) is 0 Å². The van der Waals surface area contributed by atoms with Crippen molar-refractivity contribution in [3.8, 4) is 11.5 Å². The highest BCUT2D eigenvalue weighted by atomic mass is 79.9. The van der Waals surface area contributed by atoms with Crippen LogP contribution in [0.3, 0.4) is 0 Å². The van der Waals surface area contributed by atoms with Crippen LogP contribution in [0.4, 0.5) is 22.0 Å². The maximum Gasteiger partial charge on any atom is 0.573 e. The molecule has 0 amide bonds. The van der Waals surface area contributed by atoms with Crippen LogP contribution >= 0.6 is 15.9 Å². The van der Waals surface area contributed by atoms with E-state index in [9.17, 15) is 22.0 Å². The normalized spacial score (nSPS) is 11.9. The Morgan fingerprint density at radius 1 is 1.41 bits per heavy atom. The van der Waals surface area contributed by atoms with E-state index in [0.29, 0.717) is 6.07 Å². The van der Waals surface area contributed by atoms with Gasteiger partial charge in [0.1, 0.15) is 11.4 Å². The van der Waals surface area contributed by atoms with Gasteiger partial charge in [0.25, 0.3) is 6.43 Å². The van der Waals surface area contributed by atoms with E-state index in [2.05, 4.69) is 25.7 Å². The van der Waals surface area contributed by atoms with Gasteiger partial charge in [-0.25, -0.2) is 13.8 Å². The summed E-state index contributed by atoms with van der Waals surface area (Å²) >= 11 is 2.79. The summed E-state index contributed by atoms with van der Waals surface area (Å²) in [4.78, 5) is 3.20. The zero-order valence-corrected chi connectivity index (χ0v) is 9.52. The summed E-state index contributed by atoms with van der Waals surface area (Å²) in [6.07, 6.45) is -8.08. The standard InChI is InChI=1S/C8H5BrF5NO2/c9-2-3-5(17-8(12,13)14)1-4(16)6(15-3)7(10)11/h1,7,16H,2H2. The molecule has 3 nitrogen and oxygen atoms in total. The van der Waals surface area contributed by atoms with Gasteiger partial charge < -0.3 is 9.84 Å². The molecular weight excluding hydrogens is 317 g/mol. The number of nitrogens with zero attached hydrogens (tertiary/aromatic N) is 1. The molecule has 0 aromatic carbocycles. The van der Waals surface area contributed by atoms with Crippen LogP contribution in [-0.2, 0) is 5.33 Å². The summed E-state index contributed by atoms with van der Waals surface area (Å²) < 4.78 is 64.0. The van der Waals surface area contributed by atoms with E-state index in [4.69, 9.17) is 5.11 Å². The number of rotatable bonds is 3. The number of hydrogen-bond donors (Lipinski definition) is 1. The van der Waals surface area contributed by atoms with Gasteiger partial charge in [-0.3, -0.25) is 0 Å². The minimum atomic E-state index is -4.99. The topological polar surface area (TPSA) is 42.4 Å². The lowest BCUT2D eigenvalue weighted by Crippen LogP contribution is -2.18. The summed E-state index contributed by atoms with van der Waals surface area (Å²) in [6, 6.07) is 0.457. The van der Waals surface area contributed by atoms with Crippen LogP contribution in [0.2, 0.25) is 0 Å². The lowest BCUT2D eigenvalue weighted by atomic mass is 10.2. The van der Waals surface area contributed by atoms with Gasteiger partial charge in [-0.2, -0.15) is 0 Å². The Hall–Kier alpha value is -1.12. The summed E-state index contributed by atoms with van der Waals surface area (Å²) in [5.41, 5.74) is -1.37. The first kappa shape index (κ1) is 13.9. The van der Waals surface area contributed by atoms with E-state index in [-0.39, 0.29) is 11.0 Å². The van der Waals surface area contributed by atoms with Crippen LogP contribution in [0, 0.1) is 0 Å². The van der Waals surface area contributed by atoms with E-state index in [1.165, 1.54) is 0 Å². The molecule has 1 N–H and O–H groups in total. The van der Waals surface area contributed by atoms with Gasteiger partial charge in [-0.05, 0) is 0 Å². The molecule has 0 unspecified atom stereocenters. The molecule has 1 aromatic rings. The van der Waals surface area contributed by atoms with Crippen LogP contribution in [-0.4, -0.2) is 16.5 Å². The van der Waals surface area contributed by atoms with Gasteiger partial charge in [0.2, 0.25) is 0 Å². The number of halogens is 6. The fourth-order valence-corrected chi connectivity index (χ4v) is 1.41. The van der Waals surface area contributed by atoms with E-state index in [0.717, 1.165) is 0 Å². The number of aromatic nitrogens is 1. The van der Waals surface area contributed by atoms with Crippen molar-refractivity contribution in [2.75, 3.05) is 0 Å². The van der Waals surface area contributed by atoms with Crippen molar-refractivity contribution in [3.63, 3.8) is 0 Å². The van der Waals surface area contributed by atoms with Crippen molar-refractivity contribution >= 4 is 15.9 Å². The molecule has 0 aliphatic heterocycles. The molecule has 0 atom stereocenters. The van der Waals surface area contributed by atoms with Gasteiger partial charge in [0.05, 0.1) is 5.69 Å². The number of ether oxygens (including phenoxy) is 1. The molecule has 9 heteroatoms. The van der Waals surface area contributed by atoms with Crippen molar-refractivity contribution in [2.24, 2.45) is 0 Å². The maximum atomic E-state index is 12.3. The molecule has 0 bridgehead atoms. The third-order valence-corrected chi connectivity index (χ3v) is 2.16. The molecule has 0 radical (unpaired) electrons. The third kappa shape index (κ3) is 3.69. The molecule has 96 valence electrons. The lowest BCUT2D eigenvalue weighted by molar-refractivity contribution is -0.275. The largest absolute Gasteiger partial charge is 0.573 e. The van der Waals surface area contributed by atoms with Gasteiger partial charge in [0.15, 0.2) is 5.75 Å². The average molecular weight is 322 g/mol. The molecule has 1 aromatic heterocycles. The second-order valence-corrected chi connectivity index (χ2v) is 3.38. The maximum absolute atomic E-state index is 12.3. The molecule has 0 aliphatic carbocycles. The fourth-order valence-electron chi connectivity index (χ4n) is 1.01. The fraction of sp³-hybridized carbons (Fsp3) is 0.375. The van der Waals surface area contributed by atoms with Crippen LogP contribution < -0.4 is 4.74 Å². The quantitative estimate of drug-likeness (QED) is 0.684. The van der Waals surface area contributed by atoms with Crippen molar-refractivity contribution in [1.82, 2.24) is 4.98 Å². The first-order chi connectivity index (χ1) is 7.74. The number of hydrogen-bond acceptors (Lipinski definition) is 3. The first-order valence-corrected chi connectivity index (χ1v) is 5.19. The second kappa shape index (κ2) is 5.03. The molecule has 1 rings (SSSR count). The van der Waals surface area contributed by atoms with Gasteiger partial charge in [-0.1, -0.05) is 15.9 Å². The van der Waals surface area contributed by atoms with Crippen molar-refractivity contribution in [2.45, 2.75) is 18.1 Å². The molecular formula is C8H5BrF5NO2. The Kier molecular flexibility index (Phi) is 4.12. The van der Waals surface area contributed by atoms with Crippen LogP contribution in [0.15, 0.2) is 6.07 Å². The highest BCUT2D eigenvalue weighted by Gasteiger charge is 2.33. The van der Waals surface area contributed by atoms with Crippen molar-refractivity contribution in [3.05, 3.63) is 17.5 Å². The lowest BCUT2D eigenvalue weighted by Gasteiger charge is -2.13. The SMILES string of the molecule is Oc1cc(OC(F)(F)F)c(CBr)nc1C(F)F. The minimum absolute atomic E-state index is 0.224. The molecule has 0 saturated carbocycles. The summed E-state index contributed by atoms with van der Waals surface area (Å²) in [7, 11) is 0. The van der Waals surface area contributed by atoms with Gasteiger partial charge in [-0.15, -0.1) is 13.2 Å². The molecule has 1 heterocycles. The third-order valence-electron chi connectivity index (χ3n) is 1.63. The Morgan fingerprint density at radius 3 is 2.41 bits per heavy atom. The summed E-state index contributed by atoms with van der Waals surface area (Å²) in [5, 5.41) is 8.85. The Balaban J connectivity index is 3.19. The smallest absolute Gasteiger partial charge is 0.506 e. The van der Waals surface area contributed by atoms with Crippen molar-refractivity contribution in [1.29, 1.82) is 0 Å². The Labute approximate surface area is 100 Å². The monoisotopic (exact) mass is 321 g/mol. The highest BCUT2D eigenvalue weighted by Crippen LogP contribution is 2.34. The average Bonchev–Trinajstić information content (AvgIpc) is 2.14. The Bertz CT molecular complexity index is 410. The van der Waals surface area contributed by atoms with Gasteiger partial charge in [0, 0.05) is 11.4 Å². The van der Waals surface area contributed by atoms with E-state index in [1.54, 1.807) is 0 Å². The molecule has 0 fully saturated rings. The Morgan fingerprint density at radius 2 is 2.00 bits per heavy atom. The second-order valence-electron chi connectivity index (χ2n) is 2.82. The molecule has 0 saturated heterocycles. The number of aromatic hydroxyl groups is 1. The van der Waals surface area contributed by atoms with E-state index >= 15 is 0 Å². The van der Waals surface area contributed by atoms with E-state index < -0.39 is 30.0 Å². The summed E-state index contributed by atoms with van der Waals surface area (Å²) in [6.45, 7) is 0. The minimum Gasteiger partial charge on any atom is -0.506 e. The first-order valence-electron chi connectivity index (χ1n) is 4.07. The van der Waals surface area contributed by atoms with Crippen LogP contribution in [0.1, 0.15) is 17.8 Å². The zero-order valence-electron chi connectivity index (χ0n) is 7.93. The number of pyridine rings is 1. The van der Waals surface area contributed by atoms with Crippen LogP contribution in [0.5, 0.6) is 11.5 Å². The summed E-state index contributed by atoms with van der Waals surface area (Å²) in [5.74, 6) is -1.87. The number of alkyl halides is 6. The predicted octanol–water partition coefficient (Wildman–Crippen LogP) is 3.52. The highest BCUT2D eigenvalue weighted by molar-refractivity contribution is 9.08. The zero-order chi connectivity index (χ0) is 13.2. The predicted molar refractivity (Wildman–Crippen MR) is 50.2 cm³/mol. The molecule has 0 aliphatic rings. The molecule has 0 spiro atoms.